The van der Waals surface area contributed by atoms with Crippen LogP contribution in [0.2, 0.25) is 0 Å². The van der Waals surface area contributed by atoms with E-state index in [4.69, 9.17) is 5.11 Å². The van der Waals surface area contributed by atoms with Crippen LogP contribution in [0.25, 0.3) is 10.8 Å². The highest BCUT2D eigenvalue weighted by Crippen LogP contribution is 2.24. The third-order valence-electron chi connectivity index (χ3n) is 2.55. The Morgan fingerprint density at radius 2 is 1.88 bits per heavy atom. The average Bonchev–Trinajstić information content (AvgIpc) is 2.29. The molecule has 1 N–H and O–H groups in total. The number of rotatable bonds is 4. The SMILES string of the molecule is Cc1ccc2cc(SCCC(=O)O)ccc2c1. The summed E-state index contributed by atoms with van der Waals surface area (Å²) < 4.78 is 0. The smallest absolute Gasteiger partial charge is 0.304 e. The van der Waals surface area contributed by atoms with Crippen LogP contribution in [-0.4, -0.2) is 16.8 Å². The zero-order chi connectivity index (χ0) is 12.3. The van der Waals surface area contributed by atoms with E-state index in [9.17, 15) is 4.79 Å². The number of hydrogen-bond acceptors (Lipinski definition) is 2. The molecular weight excluding hydrogens is 232 g/mol. The van der Waals surface area contributed by atoms with Crippen molar-refractivity contribution < 1.29 is 9.90 Å². The number of fused-ring (bicyclic) bond motifs is 1. The standard InChI is InChI=1S/C14H14O2S/c1-10-2-3-12-9-13(5-4-11(12)8-10)17-7-6-14(15)16/h2-5,8-9H,6-7H2,1H3,(H,15,16). The maximum atomic E-state index is 10.4. The van der Waals surface area contributed by atoms with Gasteiger partial charge in [-0.25, -0.2) is 0 Å². The lowest BCUT2D eigenvalue weighted by Gasteiger charge is -2.03. The first kappa shape index (κ1) is 12.0. The van der Waals surface area contributed by atoms with Gasteiger partial charge >= 0.3 is 5.97 Å². The number of carbonyl (C=O) groups is 1. The minimum absolute atomic E-state index is 0.205. The van der Waals surface area contributed by atoms with Crippen molar-refractivity contribution in [1.29, 1.82) is 0 Å². The van der Waals surface area contributed by atoms with Gasteiger partial charge in [-0.05, 0) is 29.8 Å². The van der Waals surface area contributed by atoms with Gasteiger partial charge in [0.1, 0.15) is 0 Å². The van der Waals surface area contributed by atoms with Gasteiger partial charge in [0.05, 0.1) is 6.42 Å². The predicted molar refractivity (Wildman–Crippen MR) is 71.7 cm³/mol. The van der Waals surface area contributed by atoms with Gasteiger partial charge in [0.15, 0.2) is 0 Å². The second-order valence-electron chi connectivity index (χ2n) is 4.00. The van der Waals surface area contributed by atoms with Crippen LogP contribution in [-0.2, 0) is 4.79 Å². The fraction of sp³-hybridized carbons (Fsp3) is 0.214. The first-order valence-electron chi connectivity index (χ1n) is 5.50. The minimum atomic E-state index is -0.742. The third-order valence-corrected chi connectivity index (χ3v) is 3.55. The zero-order valence-corrected chi connectivity index (χ0v) is 10.5. The Balaban J connectivity index is 2.14. The molecule has 2 nitrogen and oxygen atoms in total. The highest BCUT2D eigenvalue weighted by atomic mass is 32.2. The number of aryl methyl sites for hydroxylation is 1. The van der Waals surface area contributed by atoms with Crippen molar-refractivity contribution in [2.45, 2.75) is 18.2 Å². The van der Waals surface area contributed by atoms with Crippen molar-refractivity contribution in [1.82, 2.24) is 0 Å². The molecule has 0 aliphatic rings. The van der Waals surface area contributed by atoms with Crippen LogP contribution in [0, 0.1) is 6.92 Å². The molecule has 0 saturated heterocycles. The van der Waals surface area contributed by atoms with Crippen molar-refractivity contribution in [2.75, 3.05) is 5.75 Å². The maximum Gasteiger partial charge on any atom is 0.304 e. The second-order valence-corrected chi connectivity index (χ2v) is 5.17. The van der Waals surface area contributed by atoms with E-state index in [1.807, 2.05) is 6.07 Å². The van der Waals surface area contributed by atoms with Gasteiger partial charge in [0.25, 0.3) is 0 Å². The molecule has 0 amide bonds. The van der Waals surface area contributed by atoms with E-state index in [-0.39, 0.29) is 6.42 Å². The van der Waals surface area contributed by atoms with Crippen LogP contribution in [0.15, 0.2) is 41.3 Å². The van der Waals surface area contributed by atoms with Gasteiger partial charge in [-0.15, -0.1) is 11.8 Å². The lowest BCUT2D eigenvalue weighted by atomic mass is 10.1. The third kappa shape index (κ3) is 3.24. The summed E-state index contributed by atoms with van der Waals surface area (Å²) in [6, 6.07) is 12.6. The van der Waals surface area contributed by atoms with Crippen molar-refractivity contribution in [3.05, 3.63) is 42.0 Å². The van der Waals surface area contributed by atoms with Crippen LogP contribution in [0.5, 0.6) is 0 Å². The van der Waals surface area contributed by atoms with Crippen LogP contribution >= 0.6 is 11.8 Å². The Morgan fingerprint density at radius 1 is 1.18 bits per heavy atom. The van der Waals surface area contributed by atoms with Gasteiger partial charge in [0.2, 0.25) is 0 Å². The van der Waals surface area contributed by atoms with Crippen LogP contribution < -0.4 is 0 Å². The van der Waals surface area contributed by atoms with E-state index in [0.29, 0.717) is 5.75 Å². The summed E-state index contributed by atoms with van der Waals surface area (Å²) in [7, 11) is 0. The summed E-state index contributed by atoms with van der Waals surface area (Å²) >= 11 is 1.59. The Hall–Kier alpha value is -1.48. The highest BCUT2D eigenvalue weighted by Gasteiger charge is 2.00. The number of carboxylic acid groups (broad SMARTS) is 1. The highest BCUT2D eigenvalue weighted by molar-refractivity contribution is 7.99. The molecule has 0 heterocycles. The molecule has 3 heteroatoms. The monoisotopic (exact) mass is 246 g/mol. The number of aliphatic carboxylic acids is 1. The summed E-state index contributed by atoms with van der Waals surface area (Å²) in [6.07, 6.45) is 0.205. The minimum Gasteiger partial charge on any atom is -0.481 e. The fourth-order valence-electron chi connectivity index (χ4n) is 1.69. The average molecular weight is 246 g/mol. The molecule has 0 aliphatic heterocycles. The molecule has 0 saturated carbocycles. The molecule has 0 aliphatic carbocycles. The maximum absolute atomic E-state index is 10.4. The summed E-state index contributed by atoms with van der Waals surface area (Å²) in [5, 5.41) is 11.0. The molecule has 0 fully saturated rings. The van der Waals surface area contributed by atoms with Crippen LogP contribution in [0.3, 0.4) is 0 Å². The molecular formula is C14H14O2S. The normalized spacial score (nSPS) is 10.6. The zero-order valence-electron chi connectivity index (χ0n) is 9.64. The fourth-order valence-corrected chi connectivity index (χ4v) is 2.58. The van der Waals surface area contributed by atoms with E-state index in [2.05, 4.69) is 37.3 Å². The Morgan fingerprint density at radius 3 is 2.65 bits per heavy atom. The van der Waals surface area contributed by atoms with Crippen molar-refractivity contribution in [3.63, 3.8) is 0 Å². The molecule has 0 radical (unpaired) electrons. The van der Waals surface area contributed by atoms with E-state index in [0.717, 1.165) is 4.90 Å². The second kappa shape index (κ2) is 5.23. The summed E-state index contributed by atoms with van der Waals surface area (Å²) in [5.41, 5.74) is 1.25. The lowest BCUT2D eigenvalue weighted by Crippen LogP contribution is -1.95. The van der Waals surface area contributed by atoms with Crippen LogP contribution in [0.4, 0.5) is 0 Å². The largest absolute Gasteiger partial charge is 0.481 e. The molecule has 0 spiro atoms. The van der Waals surface area contributed by atoms with Crippen molar-refractivity contribution >= 4 is 28.5 Å². The molecule has 2 rings (SSSR count). The number of thioether (sulfide) groups is 1. The summed E-state index contributed by atoms with van der Waals surface area (Å²) in [4.78, 5) is 11.6. The molecule has 0 bridgehead atoms. The van der Waals surface area contributed by atoms with Gasteiger partial charge < -0.3 is 5.11 Å². The van der Waals surface area contributed by atoms with Crippen molar-refractivity contribution in [2.24, 2.45) is 0 Å². The van der Waals surface area contributed by atoms with E-state index in [1.165, 1.54) is 16.3 Å². The van der Waals surface area contributed by atoms with Gasteiger partial charge in [-0.3, -0.25) is 4.79 Å². The molecule has 17 heavy (non-hydrogen) atoms. The number of hydrogen-bond donors (Lipinski definition) is 1. The van der Waals surface area contributed by atoms with E-state index in [1.54, 1.807) is 11.8 Å². The lowest BCUT2D eigenvalue weighted by molar-refractivity contribution is -0.136. The van der Waals surface area contributed by atoms with Gasteiger partial charge in [-0.1, -0.05) is 29.8 Å². The van der Waals surface area contributed by atoms with E-state index < -0.39 is 5.97 Å². The molecule has 0 atom stereocenters. The van der Waals surface area contributed by atoms with Gasteiger partial charge in [-0.2, -0.15) is 0 Å². The molecule has 88 valence electrons. The molecule has 0 aromatic heterocycles. The molecule has 0 unspecified atom stereocenters. The van der Waals surface area contributed by atoms with E-state index >= 15 is 0 Å². The molecule has 2 aromatic rings. The Labute approximate surface area is 105 Å². The summed E-state index contributed by atoms with van der Waals surface area (Å²) in [5.74, 6) is -0.124. The Bertz CT molecular complexity index is 549. The topological polar surface area (TPSA) is 37.3 Å². The predicted octanol–water partition coefficient (Wildman–Crippen LogP) is 3.72. The van der Waals surface area contributed by atoms with Gasteiger partial charge in [0, 0.05) is 10.6 Å². The molecule has 2 aromatic carbocycles. The quantitative estimate of drug-likeness (QED) is 0.835. The number of carboxylic acids is 1. The Kier molecular flexibility index (Phi) is 3.69. The first-order chi connectivity index (χ1) is 8.15. The number of benzene rings is 2. The summed E-state index contributed by atoms with van der Waals surface area (Å²) in [6.45, 7) is 2.08. The van der Waals surface area contributed by atoms with Crippen LogP contribution in [0.1, 0.15) is 12.0 Å². The van der Waals surface area contributed by atoms with Crippen molar-refractivity contribution in [3.8, 4) is 0 Å². The first-order valence-corrected chi connectivity index (χ1v) is 6.49.